The highest BCUT2D eigenvalue weighted by atomic mass is 16.5. The molecular weight excluding hydrogens is 424 g/mol. The second kappa shape index (κ2) is 8.94. The average molecular weight is 453 g/mol. The van der Waals surface area contributed by atoms with E-state index in [4.69, 9.17) is 9.47 Å². The van der Waals surface area contributed by atoms with Crippen molar-refractivity contribution in [1.82, 2.24) is 0 Å². The third kappa shape index (κ3) is 3.63. The predicted octanol–water partition coefficient (Wildman–Crippen LogP) is 5.98. The van der Waals surface area contributed by atoms with Crippen LogP contribution in [0.15, 0.2) is 84.4 Å². The van der Waals surface area contributed by atoms with Gasteiger partial charge in [0.05, 0.1) is 19.6 Å². The number of benzene rings is 3. The van der Waals surface area contributed by atoms with Crippen molar-refractivity contribution < 1.29 is 19.1 Å². The van der Waals surface area contributed by atoms with Crippen molar-refractivity contribution in [3.63, 3.8) is 0 Å². The Bertz CT molecular complexity index is 1230. The maximum atomic E-state index is 14.0. The van der Waals surface area contributed by atoms with Crippen LogP contribution < -0.4 is 9.47 Å². The van der Waals surface area contributed by atoms with Gasteiger partial charge in [-0.25, -0.2) is 0 Å². The molecule has 5 rings (SSSR count). The summed E-state index contributed by atoms with van der Waals surface area (Å²) in [5.74, 6) is 1.33. The molecule has 3 aromatic carbocycles. The Kier molecular flexibility index (Phi) is 5.82. The molecule has 3 atom stereocenters. The number of carbonyl (C=O) groups is 2. The summed E-state index contributed by atoms with van der Waals surface area (Å²) in [7, 11) is 3.27. The zero-order valence-electron chi connectivity index (χ0n) is 19.5. The predicted molar refractivity (Wildman–Crippen MR) is 132 cm³/mol. The third-order valence-electron chi connectivity index (χ3n) is 7.48. The maximum absolute atomic E-state index is 14.0. The van der Waals surface area contributed by atoms with Crippen molar-refractivity contribution in [3.05, 3.63) is 101 Å². The monoisotopic (exact) mass is 452 g/mol. The van der Waals surface area contributed by atoms with Crippen molar-refractivity contribution in [1.29, 1.82) is 0 Å². The van der Waals surface area contributed by atoms with E-state index in [0.29, 0.717) is 19.3 Å². The first-order valence-corrected chi connectivity index (χ1v) is 11.7. The molecule has 3 aromatic rings. The average Bonchev–Trinajstić information content (AvgIpc) is 3.37. The first-order valence-electron chi connectivity index (χ1n) is 11.7. The smallest absolute Gasteiger partial charge is 0.173 e. The van der Waals surface area contributed by atoms with Gasteiger partial charge in [-0.15, -0.1) is 0 Å². The van der Waals surface area contributed by atoms with Crippen LogP contribution in [-0.4, -0.2) is 25.8 Å². The lowest BCUT2D eigenvalue weighted by Crippen LogP contribution is -2.36. The quantitative estimate of drug-likeness (QED) is 0.353. The van der Waals surface area contributed by atoms with Crippen LogP contribution in [0.3, 0.4) is 0 Å². The Morgan fingerprint density at radius 3 is 2.03 bits per heavy atom. The molecule has 4 heteroatoms. The first-order chi connectivity index (χ1) is 16.6. The van der Waals surface area contributed by atoms with E-state index in [1.165, 1.54) is 0 Å². The first kappa shape index (κ1) is 22.1. The van der Waals surface area contributed by atoms with Crippen LogP contribution in [0.4, 0.5) is 0 Å². The van der Waals surface area contributed by atoms with E-state index in [0.717, 1.165) is 33.8 Å². The summed E-state index contributed by atoms with van der Waals surface area (Å²) < 4.78 is 10.6. The van der Waals surface area contributed by atoms with Gasteiger partial charge < -0.3 is 9.47 Å². The number of methoxy groups -OCH3 is 2. The van der Waals surface area contributed by atoms with E-state index in [1.807, 2.05) is 72.8 Å². The lowest BCUT2D eigenvalue weighted by atomic mass is 9.68. The molecule has 1 spiro atoms. The van der Waals surface area contributed by atoms with Crippen LogP contribution in [0.25, 0.3) is 6.08 Å². The molecule has 34 heavy (non-hydrogen) atoms. The van der Waals surface area contributed by atoms with Gasteiger partial charge in [-0.1, -0.05) is 54.6 Å². The zero-order chi connectivity index (χ0) is 23.7. The molecule has 0 radical (unpaired) electrons. The standard InChI is InChI=1S/C30H28O4/c1-33-24-12-8-20(9-13-24)18-23-16-17-30(29(23)32)27(31)19-26(21-6-4-3-5-7-21)28(30)22-10-14-25(34-2)15-11-22/h3-15,18,26,28H,16-17,19H2,1-2H3/b23-18+/t26-,28-,30-/m0/s1. The van der Waals surface area contributed by atoms with Gasteiger partial charge >= 0.3 is 0 Å². The zero-order valence-corrected chi connectivity index (χ0v) is 19.5. The van der Waals surface area contributed by atoms with Crippen LogP contribution in [0.2, 0.25) is 0 Å². The highest BCUT2D eigenvalue weighted by Crippen LogP contribution is 2.61. The van der Waals surface area contributed by atoms with Crippen molar-refractivity contribution in [3.8, 4) is 11.5 Å². The summed E-state index contributed by atoms with van der Waals surface area (Å²) in [5, 5.41) is 0. The van der Waals surface area contributed by atoms with Crippen LogP contribution in [0, 0.1) is 5.41 Å². The van der Waals surface area contributed by atoms with Gasteiger partial charge in [-0.05, 0) is 71.4 Å². The van der Waals surface area contributed by atoms with Crippen molar-refractivity contribution in [2.75, 3.05) is 14.2 Å². The Morgan fingerprint density at radius 2 is 1.41 bits per heavy atom. The SMILES string of the molecule is COc1ccc(/C=C2\CC[C@@]3(C(=O)C[C@@H](c4ccccc4)[C@@H]3c3ccc(OC)cc3)C2=O)cc1. The van der Waals surface area contributed by atoms with Crippen LogP contribution in [0.5, 0.6) is 11.5 Å². The normalized spacial score (nSPS) is 25.3. The lowest BCUT2D eigenvalue weighted by Gasteiger charge is -2.32. The highest BCUT2D eigenvalue weighted by Gasteiger charge is 2.62. The summed E-state index contributed by atoms with van der Waals surface area (Å²) in [6, 6.07) is 25.6. The van der Waals surface area contributed by atoms with Gasteiger partial charge in [0.15, 0.2) is 5.78 Å². The second-order valence-corrected chi connectivity index (χ2v) is 9.14. The van der Waals surface area contributed by atoms with Crippen LogP contribution in [0.1, 0.15) is 47.8 Å². The maximum Gasteiger partial charge on any atom is 0.173 e. The molecule has 0 amide bonds. The molecule has 0 bridgehead atoms. The van der Waals surface area contributed by atoms with E-state index in [1.54, 1.807) is 14.2 Å². The van der Waals surface area contributed by atoms with Crippen molar-refractivity contribution in [2.24, 2.45) is 5.41 Å². The minimum absolute atomic E-state index is 0.0208. The van der Waals surface area contributed by atoms with E-state index in [-0.39, 0.29) is 23.4 Å². The Morgan fingerprint density at radius 1 is 0.794 bits per heavy atom. The Labute approximate surface area is 200 Å². The molecule has 2 fully saturated rings. The number of Topliss-reactive ketones (excluding diaryl/α,β-unsaturated/α-hetero) is 2. The number of carbonyl (C=O) groups excluding carboxylic acids is 2. The van der Waals surface area contributed by atoms with Gasteiger partial charge in [0, 0.05) is 12.3 Å². The molecule has 0 aromatic heterocycles. The second-order valence-electron chi connectivity index (χ2n) is 9.14. The third-order valence-corrected chi connectivity index (χ3v) is 7.48. The van der Waals surface area contributed by atoms with Crippen molar-refractivity contribution in [2.45, 2.75) is 31.1 Å². The Balaban J connectivity index is 1.58. The fourth-order valence-electron chi connectivity index (χ4n) is 5.80. The van der Waals surface area contributed by atoms with E-state index >= 15 is 0 Å². The summed E-state index contributed by atoms with van der Waals surface area (Å²) in [6.45, 7) is 0. The largest absolute Gasteiger partial charge is 0.497 e. The summed E-state index contributed by atoms with van der Waals surface area (Å²) in [6.07, 6.45) is 3.46. The molecule has 0 heterocycles. The fraction of sp³-hybridized carbons (Fsp3) is 0.267. The summed E-state index contributed by atoms with van der Waals surface area (Å²) in [5.41, 5.74) is 2.76. The minimum atomic E-state index is -1.02. The molecular formula is C30H28O4. The fourth-order valence-corrected chi connectivity index (χ4v) is 5.80. The molecule has 2 saturated carbocycles. The highest BCUT2D eigenvalue weighted by molar-refractivity contribution is 6.20. The summed E-state index contributed by atoms with van der Waals surface area (Å²) >= 11 is 0. The number of ether oxygens (including phenoxy) is 2. The molecule has 0 saturated heterocycles. The van der Waals surface area contributed by atoms with Gasteiger partial charge in [-0.3, -0.25) is 9.59 Å². The molecule has 2 aliphatic rings. The van der Waals surface area contributed by atoms with Gasteiger partial charge in [-0.2, -0.15) is 0 Å². The molecule has 0 unspecified atom stereocenters. The molecule has 4 nitrogen and oxygen atoms in total. The van der Waals surface area contributed by atoms with E-state index < -0.39 is 5.41 Å². The number of rotatable bonds is 5. The number of allylic oxidation sites excluding steroid dienone is 1. The topological polar surface area (TPSA) is 52.6 Å². The van der Waals surface area contributed by atoms with Gasteiger partial charge in [0.1, 0.15) is 17.3 Å². The summed E-state index contributed by atoms with van der Waals surface area (Å²) in [4.78, 5) is 27.7. The number of hydrogen-bond acceptors (Lipinski definition) is 4. The molecule has 0 aliphatic heterocycles. The number of ketones is 2. The lowest BCUT2D eigenvalue weighted by molar-refractivity contribution is -0.135. The van der Waals surface area contributed by atoms with Gasteiger partial charge in [0.25, 0.3) is 0 Å². The van der Waals surface area contributed by atoms with Gasteiger partial charge in [0.2, 0.25) is 0 Å². The van der Waals surface area contributed by atoms with Crippen molar-refractivity contribution >= 4 is 17.6 Å². The Hall–Kier alpha value is -3.66. The molecule has 172 valence electrons. The van der Waals surface area contributed by atoms with E-state index in [9.17, 15) is 9.59 Å². The minimum Gasteiger partial charge on any atom is -0.497 e. The van der Waals surface area contributed by atoms with Crippen LogP contribution >= 0.6 is 0 Å². The number of hydrogen-bond donors (Lipinski definition) is 0. The van der Waals surface area contributed by atoms with Crippen LogP contribution in [-0.2, 0) is 9.59 Å². The molecule has 2 aliphatic carbocycles. The molecule has 0 N–H and O–H groups in total. The van der Waals surface area contributed by atoms with E-state index in [2.05, 4.69) is 12.1 Å².